The molecule has 8 nitrogen and oxygen atoms in total. The number of hydrogen-bond acceptors (Lipinski definition) is 5. The van der Waals surface area contributed by atoms with Gasteiger partial charge in [0.05, 0.1) is 11.9 Å². The number of halogens is 2. The summed E-state index contributed by atoms with van der Waals surface area (Å²) in [5.41, 5.74) is 0.995. The maximum absolute atomic E-state index is 14.1. The quantitative estimate of drug-likeness (QED) is 0.553. The molecule has 0 bridgehead atoms. The van der Waals surface area contributed by atoms with Crippen molar-refractivity contribution in [2.45, 2.75) is 25.4 Å². The molecular formula is C19H17F2N7O. The molecule has 10 heteroatoms. The smallest absolute Gasteiger partial charge is 0.263 e. The minimum Gasteiger partial charge on any atom is -0.351 e. The number of rotatable bonds is 3. The van der Waals surface area contributed by atoms with Crippen LogP contribution in [-0.2, 0) is 20.0 Å². The molecule has 1 unspecified atom stereocenters. The Morgan fingerprint density at radius 1 is 1.28 bits per heavy atom. The van der Waals surface area contributed by atoms with Crippen LogP contribution in [0.1, 0.15) is 12.2 Å². The fourth-order valence-electron chi connectivity index (χ4n) is 3.68. The molecule has 5 rings (SSSR count). The predicted octanol–water partition coefficient (Wildman–Crippen LogP) is 2.23. The zero-order valence-corrected chi connectivity index (χ0v) is 15.5. The van der Waals surface area contributed by atoms with Gasteiger partial charge in [-0.3, -0.25) is 14.5 Å². The Balaban J connectivity index is 1.39. The lowest BCUT2D eigenvalue weighted by Crippen LogP contribution is -2.32. The fraction of sp³-hybridized carbons (Fsp3) is 0.263. The zero-order chi connectivity index (χ0) is 20.1. The number of aromatic nitrogens is 6. The van der Waals surface area contributed by atoms with E-state index in [1.807, 2.05) is 4.57 Å². The number of hydrogen-bond donors (Lipinski definition) is 2. The summed E-state index contributed by atoms with van der Waals surface area (Å²) >= 11 is 0. The molecule has 1 aromatic carbocycles. The van der Waals surface area contributed by atoms with Crippen LogP contribution in [0, 0.1) is 11.6 Å². The normalized spacial score (nSPS) is 16.2. The Morgan fingerprint density at radius 3 is 2.97 bits per heavy atom. The minimum atomic E-state index is -0.638. The Labute approximate surface area is 163 Å². The van der Waals surface area contributed by atoms with Crippen LogP contribution in [0.25, 0.3) is 22.3 Å². The first kappa shape index (κ1) is 17.5. The average molecular weight is 397 g/mol. The standard InChI is InChI=1S/C19H17F2N7O/c1-27-17-13(7-22-27)18(29)26-19(25-17)23-11-3-5-16-24-15(9-28(16)8-11)12-4-2-10(20)6-14(12)21/h2,4,6-7,9,11H,3,5,8H2,1H3,(H2,23,25,26,29). The first-order valence-corrected chi connectivity index (χ1v) is 9.18. The number of benzene rings is 1. The molecule has 0 saturated carbocycles. The molecule has 4 aromatic rings. The van der Waals surface area contributed by atoms with E-state index in [1.165, 1.54) is 18.3 Å². The highest BCUT2D eigenvalue weighted by atomic mass is 19.1. The van der Waals surface area contributed by atoms with Crippen LogP contribution in [0.4, 0.5) is 14.7 Å². The molecule has 0 fully saturated rings. The van der Waals surface area contributed by atoms with Crippen molar-refractivity contribution in [1.29, 1.82) is 0 Å². The monoisotopic (exact) mass is 397 g/mol. The minimum absolute atomic E-state index is 0.0106. The van der Waals surface area contributed by atoms with Crippen LogP contribution in [0.3, 0.4) is 0 Å². The van der Waals surface area contributed by atoms with Crippen LogP contribution in [0.15, 0.2) is 35.4 Å². The van der Waals surface area contributed by atoms with Gasteiger partial charge in [-0.1, -0.05) is 0 Å². The summed E-state index contributed by atoms with van der Waals surface area (Å²) in [4.78, 5) is 23.9. The molecule has 1 aliphatic heterocycles. The van der Waals surface area contributed by atoms with Gasteiger partial charge in [0.25, 0.3) is 5.56 Å². The molecule has 0 amide bonds. The van der Waals surface area contributed by atoms with Gasteiger partial charge in [-0.15, -0.1) is 0 Å². The lowest BCUT2D eigenvalue weighted by atomic mass is 10.1. The number of fused-ring (bicyclic) bond motifs is 2. The van der Waals surface area contributed by atoms with Gasteiger partial charge >= 0.3 is 0 Å². The van der Waals surface area contributed by atoms with Gasteiger partial charge in [-0.2, -0.15) is 10.1 Å². The molecule has 1 aliphatic rings. The van der Waals surface area contributed by atoms with E-state index >= 15 is 0 Å². The largest absolute Gasteiger partial charge is 0.351 e. The third-order valence-corrected chi connectivity index (χ3v) is 5.14. The summed E-state index contributed by atoms with van der Waals surface area (Å²) in [6.45, 7) is 0.582. The molecule has 148 valence electrons. The number of anilines is 1. The van der Waals surface area contributed by atoms with E-state index in [0.717, 1.165) is 18.3 Å². The number of nitrogens with one attached hydrogen (secondary N) is 2. The SMILES string of the molecule is Cn1ncc2c(=O)[nH]c(NC3CCc4nc(-c5ccc(F)cc5F)cn4C3)nc21. The lowest BCUT2D eigenvalue weighted by molar-refractivity contribution is 0.474. The van der Waals surface area contributed by atoms with E-state index < -0.39 is 11.6 Å². The van der Waals surface area contributed by atoms with Crippen molar-refractivity contribution in [2.24, 2.45) is 7.05 Å². The van der Waals surface area contributed by atoms with Crippen molar-refractivity contribution in [3.63, 3.8) is 0 Å². The van der Waals surface area contributed by atoms with Gasteiger partial charge < -0.3 is 9.88 Å². The van der Waals surface area contributed by atoms with Crippen molar-refractivity contribution in [2.75, 3.05) is 5.32 Å². The average Bonchev–Trinajstić information content (AvgIpc) is 3.25. The van der Waals surface area contributed by atoms with Gasteiger partial charge in [0.2, 0.25) is 5.95 Å². The third kappa shape index (κ3) is 3.06. The molecule has 3 aromatic heterocycles. The summed E-state index contributed by atoms with van der Waals surface area (Å²) in [6, 6.07) is 3.48. The van der Waals surface area contributed by atoms with E-state index in [-0.39, 0.29) is 17.2 Å². The van der Waals surface area contributed by atoms with E-state index in [1.54, 1.807) is 17.9 Å². The van der Waals surface area contributed by atoms with Gasteiger partial charge in [-0.05, 0) is 18.6 Å². The van der Waals surface area contributed by atoms with Crippen molar-refractivity contribution < 1.29 is 8.78 Å². The predicted molar refractivity (Wildman–Crippen MR) is 102 cm³/mol. The molecule has 2 N–H and O–H groups in total. The van der Waals surface area contributed by atoms with Gasteiger partial charge in [-0.25, -0.2) is 13.8 Å². The van der Waals surface area contributed by atoms with Crippen LogP contribution in [-0.4, -0.2) is 35.3 Å². The highest BCUT2D eigenvalue weighted by Crippen LogP contribution is 2.26. The summed E-state index contributed by atoms with van der Waals surface area (Å²) in [6.07, 6.45) is 4.70. The second-order valence-electron chi connectivity index (χ2n) is 7.12. The van der Waals surface area contributed by atoms with Crippen molar-refractivity contribution in [1.82, 2.24) is 29.3 Å². The lowest BCUT2D eigenvalue weighted by Gasteiger charge is -2.24. The number of aryl methyl sites for hydroxylation is 2. The van der Waals surface area contributed by atoms with E-state index in [0.29, 0.717) is 35.6 Å². The van der Waals surface area contributed by atoms with Gasteiger partial charge in [0.1, 0.15) is 22.8 Å². The Morgan fingerprint density at radius 2 is 2.14 bits per heavy atom. The Bertz CT molecular complexity index is 1290. The molecule has 4 heterocycles. The molecule has 1 atom stereocenters. The third-order valence-electron chi connectivity index (χ3n) is 5.14. The van der Waals surface area contributed by atoms with Crippen LogP contribution >= 0.6 is 0 Å². The highest BCUT2D eigenvalue weighted by Gasteiger charge is 2.22. The van der Waals surface area contributed by atoms with Crippen LogP contribution < -0.4 is 10.9 Å². The summed E-state index contributed by atoms with van der Waals surface area (Å²) in [5, 5.41) is 7.75. The topological polar surface area (TPSA) is 93.4 Å². The summed E-state index contributed by atoms with van der Waals surface area (Å²) in [5.74, 6) is -0.0393. The number of H-pyrrole nitrogens is 1. The zero-order valence-electron chi connectivity index (χ0n) is 15.5. The Kier molecular flexibility index (Phi) is 3.93. The summed E-state index contributed by atoms with van der Waals surface area (Å²) < 4.78 is 30.7. The maximum atomic E-state index is 14.1. The Hall–Kier alpha value is -3.56. The molecule has 0 spiro atoms. The molecule has 0 radical (unpaired) electrons. The van der Waals surface area contributed by atoms with Gasteiger partial charge in [0.15, 0.2) is 5.65 Å². The van der Waals surface area contributed by atoms with Crippen molar-refractivity contribution >= 4 is 17.0 Å². The van der Waals surface area contributed by atoms with E-state index in [9.17, 15) is 13.6 Å². The van der Waals surface area contributed by atoms with Gasteiger partial charge in [0, 0.05) is 43.9 Å². The van der Waals surface area contributed by atoms with Crippen molar-refractivity contribution in [3.8, 4) is 11.3 Å². The first-order valence-electron chi connectivity index (χ1n) is 9.18. The molecule has 0 aliphatic carbocycles. The fourth-order valence-corrected chi connectivity index (χ4v) is 3.68. The van der Waals surface area contributed by atoms with Crippen molar-refractivity contribution in [3.05, 3.63) is 58.4 Å². The second-order valence-corrected chi connectivity index (χ2v) is 7.12. The molecule has 29 heavy (non-hydrogen) atoms. The number of nitrogens with zero attached hydrogens (tertiary/aromatic N) is 5. The second kappa shape index (κ2) is 6.50. The molecule has 0 saturated heterocycles. The van der Waals surface area contributed by atoms with E-state index in [4.69, 9.17) is 0 Å². The highest BCUT2D eigenvalue weighted by molar-refractivity contribution is 5.74. The maximum Gasteiger partial charge on any atom is 0.263 e. The number of imidazole rings is 1. The number of aromatic amines is 1. The first-order chi connectivity index (χ1) is 14.0. The molecular weight excluding hydrogens is 380 g/mol. The summed E-state index contributed by atoms with van der Waals surface area (Å²) in [7, 11) is 1.73. The van der Waals surface area contributed by atoms with Crippen LogP contribution in [0.5, 0.6) is 0 Å². The van der Waals surface area contributed by atoms with Crippen LogP contribution in [0.2, 0.25) is 0 Å². The van der Waals surface area contributed by atoms with E-state index in [2.05, 4.69) is 25.4 Å².